The van der Waals surface area contributed by atoms with Gasteiger partial charge in [0.25, 0.3) is 0 Å². The summed E-state index contributed by atoms with van der Waals surface area (Å²) in [6.07, 6.45) is 4.23. The quantitative estimate of drug-likeness (QED) is 0.857. The third-order valence-electron chi connectivity index (χ3n) is 4.20. The number of aromatic amines is 1. The molecule has 2 amide bonds. The molecule has 0 saturated heterocycles. The fourth-order valence-corrected chi connectivity index (χ4v) is 2.35. The minimum atomic E-state index is -0.0269. The van der Waals surface area contributed by atoms with Crippen LogP contribution in [0.25, 0.3) is 0 Å². The van der Waals surface area contributed by atoms with Crippen molar-refractivity contribution in [3.8, 4) is 0 Å². The Morgan fingerprint density at radius 2 is 2.26 bits per heavy atom. The van der Waals surface area contributed by atoms with Gasteiger partial charge in [0.05, 0.1) is 6.54 Å². The number of aryl methyl sites for hydroxylation is 1. The summed E-state index contributed by atoms with van der Waals surface area (Å²) in [5.74, 6) is 1.45. The third-order valence-corrected chi connectivity index (χ3v) is 4.20. The maximum atomic E-state index is 12.0. The Hall–Kier alpha value is -1.52. The van der Waals surface area contributed by atoms with Gasteiger partial charge in [-0.05, 0) is 31.1 Å². The average Bonchev–Trinajstić information content (AvgIpc) is 3.05. The van der Waals surface area contributed by atoms with Crippen molar-refractivity contribution in [2.45, 2.75) is 40.2 Å². The van der Waals surface area contributed by atoms with Crippen LogP contribution in [-0.2, 0) is 6.54 Å². The Morgan fingerprint density at radius 3 is 2.74 bits per heavy atom. The van der Waals surface area contributed by atoms with E-state index in [4.69, 9.17) is 0 Å². The molecule has 19 heavy (non-hydrogen) atoms. The number of nitrogens with one attached hydrogen (secondary N) is 2. The molecule has 1 aliphatic carbocycles. The lowest BCUT2D eigenvalue weighted by Gasteiger charge is -2.23. The predicted octanol–water partition coefficient (Wildman–Crippen LogP) is 2.30. The predicted molar refractivity (Wildman–Crippen MR) is 74.7 cm³/mol. The highest BCUT2D eigenvalue weighted by Crippen LogP contribution is 2.51. The lowest BCUT2D eigenvalue weighted by molar-refractivity contribution is 0.200. The highest BCUT2D eigenvalue weighted by atomic mass is 16.2. The van der Waals surface area contributed by atoms with Gasteiger partial charge in [-0.15, -0.1) is 0 Å². The molecule has 5 heteroatoms. The maximum absolute atomic E-state index is 12.0. The van der Waals surface area contributed by atoms with Crippen LogP contribution >= 0.6 is 0 Å². The van der Waals surface area contributed by atoms with Crippen molar-refractivity contribution in [1.82, 2.24) is 20.2 Å². The monoisotopic (exact) mass is 264 g/mol. The average molecular weight is 264 g/mol. The van der Waals surface area contributed by atoms with Crippen LogP contribution in [0.2, 0.25) is 0 Å². The molecule has 0 aliphatic heterocycles. The van der Waals surface area contributed by atoms with Gasteiger partial charge < -0.3 is 15.2 Å². The number of imidazole rings is 1. The van der Waals surface area contributed by atoms with E-state index in [1.165, 1.54) is 12.8 Å². The minimum Gasteiger partial charge on any atom is -0.345 e. The lowest BCUT2D eigenvalue weighted by atomic mass is 9.92. The van der Waals surface area contributed by atoms with Crippen molar-refractivity contribution in [3.05, 3.63) is 17.7 Å². The summed E-state index contributed by atoms with van der Waals surface area (Å²) in [6.45, 7) is 7.71. The largest absolute Gasteiger partial charge is 0.345 e. The SMILES string of the molecule is Cc1cnc(CN(C)C(=O)NCC2(C(C)C)CC2)[nH]1. The van der Waals surface area contributed by atoms with E-state index in [0.29, 0.717) is 17.9 Å². The van der Waals surface area contributed by atoms with Gasteiger partial charge >= 0.3 is 6.03 Å². The molecule has 0 radical (unpaired) electrons. The summed E-state index contributed by atoms with van der Waals surface area (Å²) < 4.78 is 0. The second kappa shape index (κ2) is 5.23. The molecule has 1 aromatic heterocycles. The third kappa shape index (κ3) is 3.28. The summed E-state index contributed by atoms with van der Waals surface area (Å²) in [7, 11) is 1.79. The first kappa shape index (κ1) is 13.9. The summed E-state index contributed by atoms with van der Waals surface area (Å²) in [4.78, 5) is 21.0. The normalized spacial score (nSPS) is 16.5. The Bertz CT molecular complexity index is 448. The van der Waals surface area contributed by atoms with Crippen LogP contribution in [-0.4, -0.2) is 34.5 Å². The van der Waals surface area contributed by atoms with E-state index in [9.17, 15) is 4.79 Å². The number of urea groups is 1. The van der Waals surface area contributed by atoms with E-state index < -0.39 is 0 Å². The van der Waals surface area contributed by atoms with Crippen LogP contribution in [0.4, 0.5) is 4.79 Å². The van der Waals surface area contributed by atoms with E-state index in [2.05, 4.69) is 29.1 Å². The molecule has 1 fully saturated rings. The first-order valence-electron chi connectivity index (χ1n) is 6.92. The van der Waals surface area contributed by atoms with Crippen molar-refractivity contribution in [2.75, 3.05) is 13.6 Å². The Labute approximate surface area is 114 Å². The summed E-state index contributed by atoms with van der Waals surface area (Å²) in [5.41, 5.74) is 1.36. The lowest BCUT2D eigenvalue weighted by Crippen LogP contribution is -2.40. The molecule has 0 unspecified atom stereocenters. The first-order chi connectivity index (χ1) is 8.93. The van der Waals surface area contributed by atoms with Crippen LogP contribution in [0.3, 0.4) is 0 Å². The van der Waals surface area contributed by atoms with Crippen molar-refractivity contribution in [3.63, 3.8) is 0 Å². The van der Waals surface area contributed by atoms with Gasteiger partial charge in [-0.1, -0.05) is 13.8 Å². The fourth-order valence-electron chi connectivity index (χ4n) is 2.35. The van der Waals surface area contributed by atoms with Crippen molar-refractivity contribution in [1.29, 1.82) is 0 Å². The number of amides is 2. The molecule has 106 valence electrons. The van der Waals surface area contributed by atoms with Crippen LogP contribution in [0.5, 0.6) is 0 Å². The zero-order valence-corrected chi connectivity index (χ0v) is 12.3. The zero-order valence-electron chi connectivity index (χ0n) is 12.3. The molecule has 0 bridgehead atoms. The number of H-pyrrole nitrogens is 1. The van der Waals surface area contributed by atoms with Crippen molar-refractivity contribution < 1.29 is 4.79 Å². The second-order valence-corrected chi connectivity index (χ2v) is 6.04. The number of carbonyl (C=O) groups is 1. The van der Waals surface area contributed by atoms with E-state index >= 15 is 0 Å². The molecule has 0 spiro atoms. The molecule has 1 saturated carbocycles. The second-order valence-electron chi connectivity index (χ2n) is 6.04. The van der Waals surface area contributed by atoms with E-state index in [0.717, 1.165) is 18.1 Å². The summed E-state index contributed by atoms with van der Waals surface area (Å²) in [6, 6.07) is -0.0269. The molecule has 1 aromatic rings. The minimum absolute atomic E-state index is 0.0269. The van der Waals surface area contributed by atoms with Gasteiger partial charge in [-0.2, -0.15) is 0 Å². The van der Waals surface area contributed by atoms with Gasteiger partial charge in [0.15, 0.2) is 0 Å². The van der Waals surface area contributed by atoms with Gasteiger partial charge in [0.2, 0.25) is 0 Å². The number of nitrogens with zero attached hydrogens (tertiary/aromatic N) is 2. The molecule has 2 rings (SSSR count). The topological polar surface area (TPSA) is 61.0 Å². The number of hydrogen-bond acceptors (Lipinski definition) is 2. The molecule has 0 aromatic carbocycles. The van der Waals surface area contributed by atoms with Crippen LogP contribution in [0.1, 0.15) is 38.2 Å². The van der Waals surface area contributed by atoms with Crippen LogP contribution in [0, 0.1) is 18.3 Å². The maximum Gasteiger partial charge on any atom is 0.317 e. The Balaban J connectivity index is 1.80. The van der Waals surface area contributed by atoms with E-state index in [1.54, 1.807) is 18.1 Å². The Morgan fingerprint density at radius 1 is 1.58 bits per heavy atom. The zero-order chi connectivity index (χ0) is 14.0. The molecule has 1 heterocycles. The summed E-state index contributed by atoms with van der Waals surface area (Å²) in [5, 5.41) is 3.04. The van der Waals surface area contributed by atoms with Gasteiger partial charge in [-0.25, -0.2) is 9.78 Å². The van der Waals surface area contributed by atoms with Crippen molar-refractivity contribution in [2.24, 2.45) is 11.3 Å². The van der Waals surface area contributed by atoms with E-state index in [-0.39, 0.29) is 6.03 Å². The number of rotatable bonds is 5. The van der Waals surface area contributed by atoms with E-state index in [1.807, 2.05) is 6.92 Å². The Kier molecular flexibility index (Phi) is 3.83. The molecule has 5 nitrogen and oxygen atoms in total. The first-order valence-corrected chi connectivity index (χ1v) is 6.92. The van der Waals surface area contributed by atoms with Gasteiger partial charge in [-0.3, -0.25) is 0 Å². The number of hydrogen-bond donors (Lipinski definition) is 2. The molecule has 0 atom stereocenters. The molecular weight excluding hydrogens is 240 g/mol. The smallest absolute Gasteiger partial charge is 0.317 e. The molecular formula is C14H24N4O. The van der Waals surface area contributed by atoms with Crippen molar-refractivity contribution >= 4 is 6.03 Å². The van der Waals surface area contributed by atoms with Gasteiger partial charge in [0.1, 0.15) is 5.82 Å². The number of aromatic nitrogens is 2. The standard InChI is InChI=1S/C14H24N4O/c1-10(2)14(5-6-14)9-16-13(19)18(4)8-12-15-7-11(3)17-12/h7,10H,5-6,8-9H2,1-4H3,(H,15,17)(H,16,19). The number of carbonyl (C=O) groups excluding carboxylic acids is 1. The highest BCUT2D eigenvalue weighted by Gasteiger charge is 2.45. The summed E-state index contributed by atoms with van der Waals surface area (Å²) >= 11 is 0. The molecule has 1 aliphatic rings. The van der Waals surface area contributed by atoms with Crippen LogP contribution in [0.15, 0.2) is 6.20 Å². The van der Waals surface area contributed by atoms with Crippen LogP contribution < -0.4 is 5.32 Å². The van der Waals surface area contributed by atoms with Gasteiger partial charge in [0, 0.05) is 25.5 Å². The highest BCUT2D eigenvalue weighted by molar-refractivity contribution is 5.73. The molecule has 2 N–H and O–H groups in total. The fraction of sp³-hybridized carbons (Fsp3) is 0.714.